The van der Waals surface area contributed by atoms with Gasteiger partial charge in [0.15, 0.2) is 0 Å². The highest BCUT2D eigenvalue weighted by molar-refractivity contribution is 7.09. The molecule has 2 heterocycles. The summed E-state index contributed by atoms with van der Waals surface area (Å²) in [6.45, 7) is 3.50. The number of nitrogens with one attached hydrogen (secondary N) is 2. The number of hydrogen-bond acceptors (Lipinski definition) is 5. The monoisotopic (exact) mass is 335 g/mol. The van der Waals surface area contributed by atoms with Gasteiger partial charge in [0.1, 0.15) is 11.6 Å². The minimum absolute atomic E-state index is 0.309. The molecule has 0 spiro atoms. The molecule has 0 unspecified atom stereocenters. The molecule has 1 aliphatic heterocycles. The molecule has 2 N–H and O–H groups in total. The summed E-state index contributed by atoms with van der Waals surface area (Å²) in [6.07, 6.45) is 3.34. The van der Waals surface area contributed by atoms with Gasteiger partial charge in [-0.1, -0.05) is 0 Å². The van der Waals surface area contributed by atoms with Gasteiger partial charge in [-0.25, -0.2) is 14.2 Å². The summed E-state index contributed by atoms with van der Waals surface area (Å²) in [5.41, 5.74) is 1.31. The fraction of sp³-hybridized carbons (Fsp3) is 0.400. The van der Waals surface area contributed by atoms with Crippen LogP contribution in [-0.4, -0.2) is 28.5 Å². The van der Waals surface area contributed by atoms with E-state index in [1.807, 2.05) is 0 Å². The lowest BCUT2D eigenvalue weighted by Gasteiger charge is -2.30. The van der Waals surface area contributed by atoms with E-state index in [-0.39, 0.29) is 5.82 Å². The molecule has 23 heavy (non-hydrogen) atoms. The summed E-state index contributed by atoms with van der Waals surface area (Å²) in [5, 5.41) is 5.84. The second-order valence-corrected chi connectivity index (χ2v) is 6.19. The number of aromatic nitrogens is 2. The third kappa shape index (κ3) is 3.95. The highest BCUT2D eigenvalue weighted by atomic mass is 32.1. The van der Waals surface area contributed by atoms with Gasteiger partial charge in [0.2, 0.25) is 5.13 Å². The molecule has 8 heteroatoms. The number of rotatable bonds is 3. The first-order chi connectivity index (χ1) is 11.1. The highest BCUT2D eigenvalue weighted by Crippen LogP contribution is 2.29. The first-order valence-electron chi connectivity index (χ1n) is 7.54. The van der Waals surface area contributed by atoms with Crippen LogP contribution in [0, 0.1) is 12.7 Å². The Balaban J connectivity index is 1.74. The van der Waals surface area contributed by atoms with Crippen molar-refractivity contribution in [2.45, 2.75) is 26.2 Å². The molecule has 1 aromatic carbocycles. The van der Waals surface area contributed by atoms with Crippen molar-refractivity contribution < 1.29 is 9.18 Å². The summed E-state index contributed by atoms with van der Waals surface area (Å²) in [4.78, 5) is 18.3. The van der Waals surface area contributed by atoms with Crippen molar-refractivity contribution >= 4 is 34.1 Å². The highest BCUT2D eigenvalue weighted by Gasteiger charge is 2.17. The molecule has 0 aliphatic carbocycles. The molecule has 0 saturated carbocycles. The van der Waals surface area contributed by atoms with E-state index in [1.165, 1.54) is 18.6 Å². The zero-order valence-corrected chi connectivity index (χ0v) is 13.6. The van der Waals surface area contributed by atoms with Crippen LogP contribution in [0.25, 0.3) is 0 Å². The molecule has 122 valence electrons. The van der Waals surface area contributed by atoms with Gasteiger partial charge in [0.05, 0.1) is 11.4 Å². The van der Waals surface area contributed by atoms with E-state index in [2.05, 4.69) is 24.9 Å². The van der Waals surface area contributed by atoms with E-state index in [1.54, 1.807) is 13.0 Å². The predicted octanol–water partition coefficient (Wildman–Crippen LogP) is 3.62. The fourth-order valence-electron chi connectivity index (χ4n) is 2.61. The zero-order chi connectivity index (χ0) is 16.2. The molecule has 1 fully saturated rings. The predicted molar refractivity (Wildman–Crippen MR) is 89.8 cm³/mol. The number of nitrogens with zero attached hydrogens (tertiary/aromatic N) is 3. The maximum absolute atomic E-state index is 13.6. The molecule has 0 atom stereocenters. The molecule has 0 bridgehead atoms. The summed E-state index contributed by atoms with van der Waals surface area (Å²) >= 11 is 1.12. The molecular weight excluding hydrogens is 317 g/mol. The Labute approximate surface area is 137 Å². The van der Waals surface area contributed by atoms with Crippen LogP contribution in [0.15, 0.2) is 18.2 Å². The Bertz CT molecular complexity index is 699. The van der Waals surface area contributed by atoms with E-state index < -0.39 is 6.03 Å². The maximum Gasteiger partial charge on any atom is 0.325 e. The van der Waals surface area contributed by atoms with Crippen molar-refractivity contribution in [3.05, 3.63) is 29.8 Å². The quantitative estimate of drug-likeness (QED) is 0.899. The largest absolute Gasteiger partial charge is 0.370 e. The van der Waals surface area contributed by atoms with Crippen molar-refractivity contribution in [3.8, 4) is 0 Å². The van der Waals surface area contributed by atoms with Gasteiger partial charge in [-0.05, 0) is 44.4 Å². The van der Waals surface area contributed by atoms with Gasteiger partial charge in [-0.3, -0.25) is 5.32 Å². The Kier molecular flexibility index (Phi) is 4.71. The molecule has 1 aromatic heterocycles. The van der Waals surface area contributed by atoms with Gasteiger partial charge in [-0.15, -0.1) is 0 Å². The number of amides is 2. The van der Waals surface area contributed by atoms with Crippen LogP contribution < -0.4 is 15.5 Å². The number of carbonyl (C=O) groups is 1. The second kappa shape index (κ2) is 6.91. The molecule has 2 aromatic rings. The lowest BCUT2D eigenvalue weighted by Crippen LogP contribution is -2.31. The number of benzene rings is 1. The van der Waals surface area contributed by atoms with E-state index >= 15 is 0 Å². The van der Waals surface area contributed by atoms with Crippen LogP contribution in [0.5, 0.6) is 0 Å². The van der Waals surface area contributed by atoms with Gasteiger partial charge >= 0.3 is 6.03 Å². The van der Waals surface area contributed by atoms with Crippen LogP contribution in [0.2, 0.25) is 0 Å². The Morgan fingerprint density at radius 2 is 2.04 bits per heavy atom. The number of hydrogen-bond donors (Lipinski definition) is 2. The number of carbonyl (C=O) groups excluding carboxylic acids is 1. The van der Waals surface area contributed by atoms with Crippen molar-refractivity contribution in [2.24, 2.45) is 0 Å². The standard InChI is InChI=1S/C15H18FN5OS/c1-10-17-15(23-20-10)19-14(22)18-12-6-5-11(16)9-13(12)21-7-3-2-4-8-21/h5-6,9H,2-4,7-8H2,1H3,(H2,17,18,19,20,22). The normalized spacial score (nSPS) is 14.6. The van der Waals surface area contributed by atoms with Crippen LogP contribution in [0.1, 0.15) is 25.1 Å². The van der Waals surface area contributed by atoms with Crippen LogP contribution in [-0.2, 0) is 0 Å². The van der Waals surface area contributed by atoms with Crippen molar-refractivity contribution in [1.82, 2.24) is 9.36 Å². The number of anilines is 3. The molecule has 0 radical (unpaired) electrons. The molecule has 6 nitrogen and oxygen atoms in total. The van der Waals surface area contributed by atoms with Crippen molar-refractivity contribution in [1.29, 1.82) is 0 Å². The van der Waals surface area contributed by atoms with E-state index in [4.69, 9.17) is 0 Å². The van der Waals surface area contributed by atoms with Gasteiger partial charge in [-0.2, -0.15) is 4.37 Å². The fourth-order valence-corrected chi connectivity index (χ4v) is 3.18. The maximum atomic E-state index is 13.6. The van der Waals surface area contributed by atoms with Gasteiger partial charge in [0.25, 0.3) is 0 Å². The van der Waals surface area contributed by atoms with Crippen molar-refractivity contribution in [3.63, 3.8) is 0 Å². The summed E-state index contributed by atoms with van der Waals surface area (Å²) in [6, 6.07) is 3.99. The molecule has 1 aliphatic rings. The third-order valence-electron chi connectivity index (χ3n) is 3.65. The van der Waals surface area contributed by atoms with E-state index in [0.29, 0.717) is 22.3 Å². The molecule has 1 saturated heterocycles. The summed E-state index contributed by atoms with van der Waals surface area (Å²) in [5.74, 6) is 0.303. The van der Waals surface area contributed by atoms with Gasteiger partial charge < -0.3 is 10.2 Å². The summed E-state index contributed by atoms with van der Waals surface area (Å²) in [7, 11) is 0. The zero-order valence-electron chi connectivity index (χ0n) is 12.8. The third-order valence-corrected chi connectivity index (χ3v) is 4.37. The molecule has 2 amide bonds. The molecular formula is C15H18FN5OS. The number of aryl methyl sites for hydroxylation is 1. The van der Waals surface area contributed by atoms with E-state index in [9.17, 15) is 9.18 Å². The summed E-state index contributed by atoms with van der Waals surface area (Å²) < 4.78 is 17.6. The SMILES string of the molecule is Cc1nsc(NC(=O)Nc2ccc(F)cc2N2CCCCC2)n1. The Morgan fingerprint density at radius 3 is 2.74 bits per heavy atom. The smallest absolute Gasteiger partial charge is 0.325 e. The lowest BCUT2D eigenvalue weighted by molar-refractivity contribution is 0.262. The minimum atomic E-state index is -0.411. The van der Waals surface area contributed by atoms with Crippen LogP contribution in [0.3, 0.4) is 0 Å². The minimum Gasteiger partial charge on any atom is -0.370 e. The van der Waals surface area contributed by atoms with Crippen molar-refractivity contribution in [2.75, 3.05) is 28.6 Å². The Hall–Kier alpha value is -2.22. The Morgan fingerprint density at radius 1 is 1.26 bits per heavy atom. The average Bonchev–Trinajstić information content (AvgIpc) is 2.95. The first kappa shape index (κ1) is 15.7. The van der Waals surface area contributed by atoms with Gasteiger partial charge in [0, 0.05) is 24.6 Å². The topological polar surface area (TPSA) is 70.2 Å². The van der Waals surface area contributed by atoms with Crippen LogP contribution in [0.4, 0.5) is 25.7 Å². The first-order valence-corrected chi connectivity index (χ1v) is 8.32. The average molecular weight is 335 g/mol. The van der Waals surface area contributed by atoms with E-state index in [0.717, 1.165) is 37.5 Å². The number of halogens is 1. The second-order valence-electron chi connectivity index (χ2n) is 5.44. The number of urea groups is 1. The van der Waals surface area contributed by atoms with Crippen LogP contribution >= 0.6 is 11.5 Å². The number of piperidine rings is 1. The lowest BCUT2D eigenvalue weighted by atomic mass is 10.1. The molecule has 3 rings (SSSR count).